The zero-order valence-corrected chi connectivity index (χ0v) is 7.75. The van der Waals surface area contributed by atoms with E-state index in [1.165, 1.54) is 11.8 Å². The minimum atomic E-state index is -0.266. The number of carbonyl (C=O) groups is 1. The van der Waals surface area contributed by atoms with Crippen LogP contribution in [0.2, 0.25) is 0 Å². The molecule has 3 N–H and O–H groups in total. The second kappa shape index (κ2) is 3.40. The van der Waals surface area contributed by atoms with Crippen molar-refractivity contribution in [2.45, 2.75) is 10.7 Å². The van der Waals surface area contributed by atoms with Crippen LogP contribution in [-0.4, -0.2) is 11.4 Å². The molecule has 0 saturated carbocycles. The number of thioether (sulfide) groups is 1. The van der Waals surface area contributed by atoms with Gasteiger partial charge in [0.15, 0.2) is 0 Å². The minimum Gasteiger partial charge on any atom is -0.331 e. The summed E-state index contributed by atoms with van der Waals surface area (Å²) in [6.07, 6.45) is 0. The molecule has 1 saturated heterocycles. The Morgan fingerprint density at radius 2 is 2.00 bits per heavy atom. The SMILES string of the molecule is NC1NC(=O)C(c2ccccc2)S1. The molecule has 1 aliphatic heterocycles. The summed E-state index contributed by atoms with van der Waals surface area (Å²) in [4.78, 5) is 11.4. The van der Waals surface area contributed by atoms with Crippen LogP contribution in [-0.2, 0) is 4.79 Å². The van der Waals surface area contributed by atoms with Crippen molar-refractivity contribution < 1.29 is 4.79 Å². The first-order valence-corrected chi connectivity index (χ1v) is 4.98. The van der Waals surface area contributed by atoms with Crippen molar-refractivity contribution >= 4 is 17.7 Å². The van der Waals surface area contributed by atoms with Crippen LogP contribution in [0.15, 0.2) is 30.3 Å². The van der Waals surface area contributed by atoms with Gasteiger partial charge >= 0.3 is 0 Å². The molecule has 1 amide bonds. The van der Waals surface area contributed by atoms with Crippen molar-refractivity contribution in [3.05, 3.63) is 35.9 Å². The quantitative estimate of drug-likeness (QED) is 0.696. The molecule has 2 atom stereocenters. The number of carbonyl (C=O) groups excluding carboxylic acids is 1. The van der Waals surface area contributed by atoms with Crippen molar-refractivity contribution in [3.63, 3.8) is 0 Å². The zero-order chi connectivity index (χ0) is 9.26. The van der Waals surface area contributed by atoms with Crippen molar-refractivity contribution in [3.8, 4) is 0 Å². The molecule has 4 heteroatoms. The molecular weight excluding hydrogens is 184 g/mol. The number of hydrogen-bond acceptors (Lipinski definition) is 3. The van der Waals surface area contributed by atoms with Gasteiger partial charge in [0.1, 0.15) is 10.7 Å². The molecule has 1 heterocycles. The number of nitrogens with one attached hydrogen (secondary N) is 1. The number of amides is 1. The molecule has 0 aliphatic carbocycles. The van der Waals surface area contributed by atoms with Crippen LogP contribution in [0.4, 0.5) is 0 Å². The lowest BCUT2D eigenvalue weighted by Crippen LogP contribution is -2.31. The van der Waals surface area contributed by atoms with E-state index in [1.54, 1.807) is 0 Å². The third-order valence-electron chi connectivity index (χ3n) is 1.91. The average Bonchev–Trinajstić information content (AvgIpc) is 2.47. The summed E-state index contributed by atoms with van der Waals surface area (Å²) in [7, 11) is 0. The fourth-order valence-electron chi connectivity index (χ4n) is 1.32. The van der Waals surface area contributed by atoms with Gasteiger partial charge in [0, 0.05) is 0 Å². The highest BCUT2D eigenvalue weighted by atomic mass is 32.2. The molecule has 0 radical (unpaired) electrons. The molecule has 2 unspecified atom stereocenters. The first-order chi connectivity index (χ1) is 6.27. The van der Waals surface area contributed by atoms with Crippen LogP contribution in [0.5, 0.6) is 0 Å². The summed E-state index contributed by atoms with van der Waals surface area (Å²) in [6.45, 7) is 0. The Morgan fingerprint density at radius 1 is 1.31 bits per heavy atom. The highest BCUT2D eigenvalue weighted by Crippen LogP contribution is 2.34. The first-order valence-electron chi connectivity index (χ1n) is 4.04. The van der Waals surface area contributed by atoms with Crippen molar-refractivity contribution in [2.75, 3.05) is 0 Å². The van der Waals surface area contributed by atoms with Crippen LogP contribution in [0.3, 0.4) is 0 Å². The molecule has 1 fully saturated rings. The summed E-state index contributed by atoms with van der Waals surface area (Å²) < 4.78 is 0. The highest BCUT2D eigenvalue weighted by Gasteiger charge is 2.31. The van der Waals surface area contributed by atoms with Crippen molar-refractivity contribution in [1.82, 2.24) is 5.32 Å². The lowest BCUT2D eigenvalue weighted by atomic mass is 10.1. The molecule has 0 bridgehead atoms. The molecule has 0 aromatic heterocycles. The third kappa shape index (κ3) is 1.68. The van der Waals surface area contributed by atoms with Crippen molar-refractivity contribution in [1.29, 1.82) is 0 Å². The van der Waals surface area contributed by atoms with Gasteiger partial charge in [0.2, 0.25) is 5.91 Å². The standard InChI is InChI=1S/C9H10N2OS/c10-9-11-8(12)7(13-9)6-4-2-1-3-5-6/h1-5,7,9H,10H2,(H,11,12). The fraction of sp³-hybridized carbons (Fsp3) is 0.222. The van der Waals surface area contributed by atoms with Crippen LogP contribution in [0, 0.1) is 0 Å². The average molecular weight is 194 g/mol. The number of rotatable bonds is 1. The predicted molar refractivity (Wildman–Crippen MR) is 52.9 cm³/mol. The van der Waals surface area contributed by atoms with E-state index < -0.39 is 0 Å². The van der Waals surface area contributed by atoms with Gasteiger partial charge in [-0.1, -0.05) is 30.3 Å². The Bertz CT molecular complexity index is 315. The highest BCUT2D eigenvalue weighted by molar-refractivity contribution is 8.01. The second-order valence-corrected chi connectivity index (χ2v) is 4.11. The predicted octanol–water partition coefficient (Wildman–Crippen LogP) is 0.833. The zero-order valence-electron chi connectivity index (χ0n) is 6.94. The minimum absolute atomic E-state index is 0.00343. The second-order valence-electron chi connectivity index (χ2n) is 2.86. The summed E-state index contributed by atoms with van der Waals surface area (Å²) in [5.41, 5.74) is 6.33. The molecule has 68 valence electrons. The molecule has 13 heavy (non-hydrogen) atoms. The summed E-state index contributed by atoms with van der Waals surface area (Å²) in [5.74, 6) is 0.00343. The molecule has 3 nitrogen and oxygen atoms in total. The Morgan fingerprint density at radius 3 is 2.54 bits per heavy atom. The maximum Gasteiger partial charge on any atom is 0.239 e. The lowest BCUT2D eigenvalue weighted by molar-refractivity contribution is -0.120. The number of benzene rings is 1. The van der Waals surface area contributed by atoms with E-state index in [4.69, 9.17) is 5.73 Å². The van der Waals surface area contributed by atoms with Gasteiger partial charge in [0.25, 0.3) is 0 Å². The van der Waals surface area contributed by atoms with Gasteiger partial charge in [-0.15, -0.1) is 11.8 Å². The summed E-state index contributed by atoms with van der Waals surface area (Å²) in [6, 6.07) is 9.66. The van der Waals surface area contributed by atoms with Gasteiger partial charge in [-0.05, 0) is 5.56 Å². The molecule has 2 rings (SSSR count). The topological polar surface area (TPSA) is 55.1 Å². The van der Waals surface area contributed by atoms with E-state index in [1.807, 2.05) is 30.3 Å². The first kappa shape index (κ1) is 8.59. The van der Waals surface area contributed by atoms with Crippen molar-refractivity contribution in [2.24, 2.45) is 5.73 Å². The van der Waals surface area contributed by atoms with E-state index >= 15 is 0 Å². The van der Waals surface area contributed by atoms with Gasteiger partial charge in [-0.2, -0.15) is 0 Å². The summed E-state index contributed by atoms with van der Waals surface area (Å²) in [5, 5.41) is 2.52. The van der Waals surface area contributed by atoms with Gasteiger partial charge < -0.3 is 11.1 Å². The van der Waals surface area contributed by atoms with Crippen LogP contribution >= 0.6 is 11.8 Å². The Hall–Kier alpha value is -1.00. The Balaban J connectivity index is 2.23. The molecule has 1 aliphatic rings. The summed E-state index contributed by atoms with van der Waals surface area (Å²) >= 11 is 1.44. The smallest absolute Gasteiger partial charge is 0.239 e. The van der Waals surface area contributed by atoms with E-state index in [0.717, 1.165) is 5.56 Å². The number of hydrogen-bond donors (Lipinski definition) is 2. The largest absolute Gasteiger partial charge is 0.331 e. The van der Waals surface area contributed by atoms with E-state index in [0.29, 0.717) is 0 Å². The monoisotopic (exact) mass is 194 g/mol. The van der Waals surface area contributed by atoms with Gasteiger partial charge in [-0.3, -0.25) is 4.79 Å². The van der Waals surface area contributed by atoms with Gasteiger partial charge in [0.05, 0.1) is 0 Å². The number of nitrogens with two attached hydrogens (primary N) is 1. The fourth-order valence-corrected chi connectivity index (χ4v) is 2.30. The Kier molecular flexibility index (Phi) is 2.24. The van der Waals surface area contributed by atoms with Crippen LogP contribution in [0.25, 0.3) is 0 Å². The molecular formula is C9H10N2OS. The van der Waals surface area contributed by atoms with E-state index in [9.17, 15) is 4.79 Å². The Labute approximate surface area is 80.7 Å². The normalized spacial score (nSPS) is 27.3. The lowest BCUT2D eigenvalue weighted by Gasteiger charge is -2.04. The van der Waals surface area contributed by atoms with Gasteiger partial charge in [-0.25, -0.2) is 0 Å². The maximum atomic E-state index is 11.4. The third-order valence-corrected chi connectivity index (χ3v) is 3.08. The van der Waals surface area contributed by atoms with E-state index in [-0.39, 0.29) is 16.7 Å². The van der Waals surface area contributed by atoms with E-state index in [2.05, 4.69) is 5.32 Å². The molecule has 0 spiro atoms. The molecule has 1 aromatic rings. The van der Waals surface area contributed by atoms with Crippen LogP contribution < -0.4 is 11.1 Å². The molecule has 1 aromatic carbocycles. The van der Waals surface area contributed by atoms with Crippen LogP contribution in [0.1, 0.15) is 10.8 Å². The maximum absolute atomic E-state index is 11.4.